The molecule has 0 radical (unpaired) electrons. The SMILES string of the molecule is CC(C)(C)OC(=O)NCc1ccc(-c2ccc(-c3ccc(C(=O)N4CCC(F)(F)CC4)cc3)cc2-c2ccc(F)cc2)o1. The molecule has 224 valence electrons. The van der Waals surface area contributed by atoms with Crippen molar-refractivity contribution in [2.45, 2.75) is 51.7 Å². The second kappa shape index (κ2) is 12.0. The van der Waals surface area contributed by atoms with Gasteiger partial charge >= 0.3 is 6.09 Å². The number of nitrogens with one attached hydrogen (secondary N) is 1. The molecule has 1 aliphatic rings. The third kappa shape index (κ3) is 7.46. The lowest BCUT2D eigenvalue weighted by atomic mass is 9.93. The van der Waals surface area contributed by atoms with Crippen LogP contribution in [0.3, 0.4) is 0 Å². The number of hydrogen-bond acceptors (Lipinski definition) is 4. The zero-order valence-electron chi connectivity index (χ0n) is 24.3. The van der Waals surface area contributed by atoms with E-state index in [-0.39, 0.29) is 44.2 Å². The molecule has 9 heteroatoms. The molecule has 2 heterocycles. The fraction of sp³-hybridized carbons (Fsp3) is 0.294. The van der Waals surface area contributed by atoms with Crippen molar-refractivity contribution in [1.82, 2.24) is 10.2 Å². The minimum absolute atomic E-state index is 0.0294. The van der Waals surface area contributed by atoms with Crippen molar-refractivity contribution >= 4 is 12.0 Å². The Labute approximate surface area is 248 Å². The van der Waals surface area contributed by atoms with E-state index in [0.717, 1.165) is 27.8 Å². The van der Waals surface area contributed by atoms with E-state index in [1.807, 2.05) is 36.4 Å². The summed E-state index contributed by atoms with van der Waals surface area (Å²) in [6, 6.07) is 22.6. The molecule has 5 rings (SSSR count). The van der Waals surface area contributed by atoms with Gasteiger partial charge in [-0.05, 0) is 91.6 Å². The number of hydrogen-bond donors (Lipinski definition) is 1. The highest BCUT2D eigenvalue weighted by Crippen LogP contribution is 2.37. The summed E-state index contributed by atoms with van der Waals surface area (Å²) in [6.45, 7) is 5.56. The third-order valence-electron chi connectivity index (χ3n) is 7.16. The van der Waals surface area contributed by atoms with Gasteiger partial charge in [-0.15, -0.1) is 0 Å². The van der Waals surface area contributed by atoms with Crippen LogP contribution in [0.15, 0.2) is 83.3 Å². The molecular formula is C34H33F3N2O4. The van der Waals surface area contributed by atoms with Crippen LogP contribution >= 0.6 is 0 Å². The summed E-state index contributed by atoms with van der Waals surface area (Å²) in [7, 11) is 0. The van der Waals surface area contributed by atoms with Crippen molar-refractivity contribution in [3.63, 3.8) is 0 Å². The van der Waals surface area contributed by atoms with E-state index >= 15 is 0 Å². The summed E-state index contributed by atoms with van der Waals surface area (Å²) in [5.41, 5.74) is 3.87. The molecule has 4 aromatic rings. The van der Waals surface area contributed by atoms with Crippen LogP contribution in [-0.4, -0.2) is 41.5 Å². The van der Waals surface area contributed by atoms with Crippen LogP contribution < -0.4 is 5.32 Å². The molecule has 1 aliphatic heterocycles. The molecule has 0 unspecified atom stereocenters. The maximum atomic E-state index is 13.8. The number of carbonyl (C=O) groups is 2. The summed E-state index contributed by atoms with van der Waals surface area (Å²) in [6.07, 6.45) is -1.20. The van der Waals surface area contributed by atoms with Crippen LogP contribution in [0.4, 0.5) is 18.0 Å². The Morgan fingerprint density at radius 1 is 0.860 bits per heavy atom. The Balaban J connectivity index is 1.39. The first-order valence-electron chi connectivity index (χ1n) is 14.1. The van der Waals surface area contributed by atoms with E-state index in [9.17, 15) is 22.8 Å². The topological polar surface area (TPSA) is 71.8 Å². The van der Waals surface area contributed by atoms with Crippen molar-refractivity contribution in [2.75, 3.05) is 13.1 Å². The number of likely N-dealkylation sites (tertiary alicyclic amines) is 1. The first-order chi connectivity index (χ1) is 20.4. The normalized spacial score (nSPS) is 14.8. The van der Waals surface area contributed by atoms with Gasteiger partial charge < -0.3 is 19.4 Å². The molecule has 1 aromatic heterocycles. The van der Waals surface area contributed by atoms with Gasteiger partial charge in [-0.25, -0.2) is 18.0 Å². The number of alkyl carbamates (subject to hydrolysis) is 1. The van der Waals surface area contributed by atoms with E-state index in [1.54, 1.807) is 51.1 Å². The molecule has 3 aromatic carbocycles. The van der Waals surface area contributed by atoms with Gasteiger partial charge in [0.05, 0.1) is 6.54 Å². The molecule has 0 aliphatic carbocycles. The molecule has 2 amide bonds. The first-order valence-corrected chi connectivity index (χ1v) is 14.1. The minimum atomic E-state index is -2.72. The van der Waals surface area contributed by atoms with Gasteiger partial charge in [0, 0.05) is 37.1 Å². The molecule has 0 spiro atoms. The quantitative estimate of drug-likeness (QED) is 0.245. The van der Waals surface area contributed by atoms with Gasteiger partial charge in [-0.3, -0.25) is 4.79 Å². The molecule has 1 saturated heterocycles. The molecule has 0 bridgehead atoms. The Morgan fingerprint density at radius 2 is 1.49 bits per heavy atom. The summed E-state index contributed by atoms with van der Waals surface area (Å²) >= 11 is 0. The van der Waals surface area contributed by atoms with Crippen molar-refractivity contribution in [3.05, 3.63) is 96.0 Å². The molecule has 43 heavy (non-hydrogen) atoms. The number of nitrogens with zero attached hydrogens (tertiary/aromatic N) is 1. The lowest BCUT2D eigenvalue weighted by Crippen LogP contribution is -2.42. The predicted molar refractivity (Wildman–Crippen MR) is 158 cm³/mol. The average Bonchev–Trinajstić information content (AvgIpc) is 3.44. The summed E-state index contributed by atoms with van der Waals surface area (Å²) in [5, 5.41) is 2.68. The number of rotatable bonds is 6. The van der Waals surface area contributed by atoms with E-state index < -0.39 is 17.6 Å². The standard InChI is InChI=1S/C34H33F3N2O4/c1-33(2,3)43-32(41)38-21-27-13-15-30(42-27)28-14-10-25(20-29(28)23-8-11-26(35)12-9-23)22-4-6-24(7-5-22)31(40)39-18-16-34(36,37)17-19-39/h4-15,20H,16-19,21H2,1-3H3,(H,38,41). The number of halogens is 3. The van der Waals surface area contributed by atoms with Crippen molar-refractivity contribution in [3.8, 4) is 33.6 Å². The predicted octanol–water partition coefficient (Wildman–Crippen LogP) is 8.32. The molecule has 6 nitrogen and oxygen atoms in total. The van der Waals surface area contributed by atoms with Gasteiger partial charge in [0.1, 0.15) is 22.9 Å². The zero-order chi connectivity index (χ0) is 30.8. The van der Waals surface area contributed by atoms with Crippen molar-refractivity contribution in [1.29, 1.82) is 0 Å². The number of piperidine rings is 1. The lowest BCUT2D eigenvalue weighted by molar-refractivity contribution is -0.0494. The second-order valence-electron chi connectivity index (χ2n) is 11.6. The monoisotopic (exact) mass is 590 g/mol. The molecule has 0 saturated carbocycles. The van der Waals surface area contributed by atoms with Gasteiger partial charge in [0.25, 0.3) is 11.8 Å². The van der Waals surface area contributed by atoms with Crippen LogP contribution in [0, 0.1) is 5.82 Å². The van der Waals surface area contributed by atoms with Gasteiger partial charge in [-0.2, -0.15) is 0 Å². The van der Waals surface area contributed by atoms with Crippen LogP contribution in [0.2, 0.25) is 0 Å². The molecule has 0 atom stereocenters. The molecule has 1 N–H and O–H groups in total. The Hall–Kier alpha value is -4.53. The maximum Gasteiger partial charge on any atom is 0.408 e. The number of furan rings is 1. The average molecular weight is 591 g/mol. The maximum absolute atomic E-state index is 13.8. The van der Waals surface area contributed by atoms with Crippen molar-refractivity contribution < 1.29 is 31.9 Å². The largest absolute Gasteiger partial charge is 0.459 e. The van der Waals surface area contributed by atoms with E-state index in [1.165, 1.54) is 17.0 Å². The highest BCUT2D eigenvalue weighted by atomic mass is 19.3. The minimum Gasteiger partial charge on any atom is -0.459 e. The van der Waals surface area contributed by atoms with Gasteiger partial charge in [0.2, 0.25) is 0 Å². The number of ether oxygens (including phenoxy) is 1. The van der Waals surface area contributed by atoms with Crippen LogP contribution in [-0.2, 0) is 11.3 Å². The second-order valence-corrected chi connectivity index (χ2v) is 11.6. The van der Waals surface area contributed by atoms with Gasteiger partial charge in [-0.1, -0.05) is 30.3 Å². The summed E-state index contributed by atoms with van der Waals surface area (Å²) < 4.78 is 52.2. The zero-order valence-corrected chi connectivity index (χ0v) is 24.3. The van der Waals surface area contributed by atoms with E-state index in [2.05, 4.69) is 5.32 Å². The number of amides is 2. The van der Waals surface area contributed by atoms with Crippen molar-refractivity contribution in [2.24, 2.45) is 0 Å². The Bertz CT molecular complexity index is 1600. The van der Waals surface area contributed by atoms with Gasteiger partial charge in [0.15, 0.2) is 0 Å². The highest BCUT2D eigenvalue weighted by Gasteiger charge is 2.35. The lowest BCUT2D eigenvalue weighted by Gasteiger charge is -2.31. The fourth-order valence-corrected chi connectivity index (χ4v) is 4.92. The van der Waals surface area contributed by atoms with Crippen LogP contribution in [0.5, 0.6) is 0 Å². The Morgan fingerprint density at radius 3 is 2.14 bits per heavy atom. The number of alkyl halides is 2. The smallest absolute Gasteiger partial charge is 0.408 e. The number of carbonyl (C=O) groups excluding carboxylic acids is 2. The summed E-state index contributed by atoms with van der Waals surface area (Å²) in [4.78, 5) is 26.4. The third-order valence-corrected chi connectivity index (χ3v) is 7.16. The van der Waals surface area contributed by atoms with E-state index in [4.69, 9.17) is 9.15 Å². The van der Waals surface area contributed by atoms with Crippen LogP contribution in [0.1, 0.15) is 49.7 Å². The molecular weight excluding hydrogens is 557 g/mol. The highest BCUT2D eigenvalue weighted by molar-refractivity contribution is 5.95. The molecule has 1 fully saturated rings. The summed E-state index contributed by atoms with van der Waals surface area (Å²) in [5.74, 6) is -2.23. The first kappa shape index (κ1) is 29.9. The van der Waals surface area contributed by atoms with E-state index in [0.29, 0.717) is 17.1 Å². The Kier molecular flexibility index (Phi) is 8.35. The fourth-order valence-electron chi connectivity index (χ4n) is 4.92. The number of benzene rings is 3. The van der Waals surface area contributed by atoms with Crippen LogP contribution in [0.25, 0.3) is 33.6 Å².